The summed E-state index contributed by atoms with van der Waals surface area (Å²) in [4.78, 5) is 42.2. The molecule has 0 aliphatic carbocycles. The fraction of sp³-hybridized carbons (Fsp3) is 0.250. The van der Waals surface area contributed by atoms with Gasteiger partial charge in [0.2, 0.25) is 5.91 Å². The van der Waals surface area contributed by atoms with Crippen LogP contribution in [-0.2, 0) is 11.3 Å². The van der Waals surface area contributed by atoms with Crippen molar-refractivity contribution in [1.29, 1.82) is 0 Å². The number of hydrogen-bond donors (Lipinski definition) is 2. The Kier molecular flexibility index (Phi) is 7.39. The van der Waals surface area contributed by atoms with Crippen LogP contribution in [0.4, 0.5) is 27.8 Å². The molecule has 14 heteroatoms. The van der Waals surface area contributed by atoms with Gasteiger partial charge in [-0.05, 0) is 42.3 Å². The molecule has 0 unspecified atom stereocenters. The molecule has 2 aromatic heterocycles. The summed E-state index contributed by atoms with van der Waals surface area (Å²) in [6.45, 7) is 0.997. The normalized spacial score (nSPS) is 14.3. The van der Waals surface area contributed by atoms with Gasteiger partial charge in [0.15, 0.2) is 23.1 Å². The van der Waals surface area contributed by atoms with E-state index in [1.54, 1.807) is 6.07 Å². The molecule has 42 heavy (non-hydrogen) atoms. The van der Waals surface area contributed by atoms with Gasteiger partial charge in [0.05, 0.1) is 29.6 Å². The van der Waals surface area contributed by atoms with E-state index in [-0.39, 0.29) is 46.2 Å². The lowest BCUT2D eigenvalue weighted by molar-refractivity contribution is -0.114. The van der Waals surface area contributed by atoms with Gasteiger partial charge >= 0.3 is 0 Å². The number of likely N-dealkylation sites (tertiary alicyclic amines) is 1. The van der Waals surface area contributed by atoms with Crippen molar-refractivity contribution in [3.05, 3.63) is 82.3 Å². The second-order valence-electron chi connectivity index (χ2n) is 9.86. The smallest absolute Gasteiger partial charge is 0.267 e. The third kappa shape index (κ3) is 5.51. The van der Waals surface area contributed by atoms with Gasteiger partial charge in [0, 0.05) is 32.0 Å². The van der Waals surface area contributed by atoms with E-state index in [4.69, 9.17) is 0 Å². The first-order chi connectivity index (χ1) is 19.8. The second-order valence-corrected chi connectivity index (χ2v) is 9.86. The summed E-state index contributed by atoms with van der Waals surface area (Å²) in [5.74, 6) is -9.11. The number of amides is 3. The number of anilines is 1. The summed E-state index contributed by atoms with van der Waals surface area (Å²) in [5, 5.41) is 9.25. The van der Waals surface area contributed by atoms with E-state index in [9.17, 15) is 31.9 Å². The topological polar surface area (TPSA) is 109 Å². The summed E-state index contributed by atoms with van der Waals surface area (Å²) in [6.07, 6.45) is 0.819. The van der Waals surface area contributed by atoms with Crippen molar-refractivity contribution >= 4 is 29.2 Å². The van der Waals surface area contributed by atoms with Gasteiger partial charge in [-0.1, -0.05) is 12.1 Å². The highest BCUT2D eigenvalue weighted by molar-refractivity contribution is 5.98. The number of benzene rings is 2. The Labute approximate surface area is 235 Å². The number of nitrogens with zero attached hydrogens (tertiary/aromatic N) is 4. The van der Waals surface area contributed by atoms with E-state index in [1.807, 2.05) is 0 Å². The molecule has 1 aliphatic rings. The van der Waals surface area contributed by atoms with Crippen LogP contribution >= 0.6 is 0 Å². The second kappa shape index (κ2) is 10.8. The van der Waals surface area contributed by atoms with Gasteiger partial charge in [0.25, 0.3) is 17.7 Å². The molecule has 3 amide bonds. The molecular weight excluding hydrogens is 563 g/mol. The average molecular weight is 587 g/mol. The minimum absolute atomic E-state index is 0.0268. The lowest BCUT2D eigenvalue weighted by atomic mass is 10.0. The Morgan fingerprint density at radius 1 is 1.00 bits per heavy atom. The maximum atomic E-state index is 15.8. The number of halogens is 5. The van der Waals surface area contributed by atoms with Gasteiger partial charge < -0.3 is 15.5 Å². The number of fused-ring (bicyclic) bond motifs is 1. The average Bonchev–Trinajstić information content (AvgIpc) is 3.49. The molecule has 1 aliphatic heterocycles. The van der Waals surface area contributed by atoms with Crippen LogP contribution in [0.2, 0.25) is 0 Å². The maximum Gasteiger partial charge on any atom is 0.267 e. The molecular formula is C28H23F5N6O3. The highest BCUT2D eigenvalue weighted by atomic mass is 19.3. The molecule has 2 N–H and O–H groups in total. The minimum atomic E-state index is -3.15. The van der Waals surface area contributed by atoms with E-state index in [0.29, 0.717) is 5.65 Å². The van der Waals surface area contributed by atoms with E-state index in [1.165, 1.54) is 42.8 Å². The first kappa shape index (κ1) is 28.6. The van der Waals surface area contributed by atoms with Crippen molar-refractivity contribution in [2.75, 3.05) is 18.4 Å². The highest BCUT2D eigenvalue weighted by Crippen LogP contribution is 2.30. The number of alkyl halides is 2. The molecule has 9 nitrogen and oxygen atoms in total. The van der Waals surface area contributed by atoms with Crippen LogP contribution < -0.4 is 10.6 Å². The number of aryl methyl sites for hydroxylation is 1. The van der Waals surface area contributed by atoms with Gasteiger partial charge in [-0.2, -0.15) is 5.10 Å². The Bertz CT molecular complexity index is 1760. The summed E-state index contributed by atoms with van der Waals surface area (Å²) < 4.78 is 73.2. The Hall–Kier alpha value is -4.88. The number of hydrogen-bond acceptors (Lipinski definition) is 5. The molecule has 0 saturated carbocycles. The monoisotopic (exact) mass is 586 g/mol. The number of imidazole rings is 1. The van der Waals surface area contributed by atoms with Crippen molar-refractivity contribution in [1.82, 2.24) is 24.8 Å². The zero-order valence-corrected chi connectivity index (χ0v) is 22.3. The van der Waals surface area contributed by atoms with Gasteiger partial charge in [-0.25, -0.2) is 31.5 Å². The lowest BCUT2D eigenvalue weighted by Crippen LogP contribution is -2.34. The van der Waals surface area contributed by atoms with Gasteiger partial charge in [-0.3, -0.25) is 14.4 Å². The highest BCUT2D eigenvalue weighted by Gasteiger charge is 2.41. The van der Waals surface area contributed by atoms with Crippen LogP contribution in [0.1, 0.15) is 45.2 Å². The van der Waals surface area contributed by atoms with Gasteiger partial charge in [0.1, 0.15) is 5.82 Å². The number of nitrogens with one attached hydrogen (secondary N) is 2. The van der Waals surface area contributed by atoms with Crippen molar-refractivity contribution in [3.63, 3.8) is 0 Å². The molecule has 0 atom stereocenters. The first-order valence-electron chi connectivity index (χ1n) is 12.7. The van der Waals surface area contributed by atoms with Crippen molar-refractivity contribution in [2.24, 2.45) is 0 Å². The molecule has 5 rings (SSSR count). The molecule has 0 bridgehead atoms. The molecule has 0 spiro atoms. The maximum absolute atomic E-state index is 15.8. The number of rotatable bonds is 6. The molecule has 0 radical (unpaired) electrons. The fourth-order valence-electron chi connectivity index (χ4n) is 4.72. The van der Waals surface area contributed by atoms with Crippen molar-refractivity contribution < 1.29 is 36.3 Å². The first-order valence-corrected chi connectivity index (χ1v) is 12.7. The molecule has 4 aromatic rings. The largest absolute Gasteiger partial charge is 0.348 e. The van der Waals surface area contributed by atoms with Gasteiger partial charge in [-0.15, -0.1) is 0 Å². The van der Waals surface area contributed by atoms with E-state index in [0.717, 1.165) is 17.0 Å². The van der Waals surface area contributed by atoms with Crippen LogP contribution in [-0.4, -0.2) is 56.2 Å². The molecule has 218 valence electrons. The van der Waals surface area contributed by atoms with Crippen LogP contribution in [0.25, 0.3) is 16.9 Å². The SMILES string of the molecule is CC(=O)Nc1cn2nc(-c3ccc(C)c(C(=O)NCc4ccc(F)c(F)c4C(=O)N4CCC(F)(F)C4)c3F)ccc2n1. The van der Waals surface area contributed by atoms with E-state index < -0.39 is 60.3 Å². The molecule has 3 heterocycles. The van der Waals surface area contributed by atoms with Crippen molar-refractivity contribution in [2.45, 2.75) is 32.7 Å². The summed E-state index contributed by atoms with van der Waals surface area (Å²) in [6, 6.07) is 7.75. The van der Waals surface area contributed by atoms with Crippen molar-refractivity contribution in [3.8, 4) is 11.3 Å². The third-order valence-corrected chi connectivity index (χ3v) is 6.77. The zero-order chi connectivity index (χ0) is 30.3. The van der Waals surface area contributed by atoms with E-state index >= 15 is 4.39 Å². The molecule has 2 aromatic carbocycles. The predicted molar refractivity (Wildman–Crippen MR) is 140 cm³/mol. The third-order valence-electron chi connectivity index (χ3n) is 6.77. The minimum Gasteiger partial charge on any atom is -0.348 e. The zero-order valence-electron chi connectivity index (χ0n) is 22.3. The summed E-state index contributed by atoms with van der Waals surface area (Å²) in [5.41, 5.74) is -0.547. The Morgan fingerprint density at radius 3 is 2.45 bits per heavy atom. The Balaban J connectivity index is 1.41. The molecule has 1 fully saturated rings. The fourth-order valence-corrected chi connectivity index (χ4v) is 4.72. The van der Waals surface area contributed by atoms with E-state index in [2.05, 4.69) is 20.7 Å². The summed E-state index contributed by atoms with van der Waals surface area (Å²) >= 11 is 0. The lowest BCUT2D eigenvalue weighted by Gasteiger charge is -2.19. The quantitative estimate of drug-likeness (QED) is 0.324. The van der Waals surface area contributed by atoms with Crippen LogP contribution in [0, 0.1) is 24.4 Å². The predicted octanol–water partition coefficient (Wildman–Crippen LogP) is 4.49. The van der Waals surface area contributed by atoms with Crippen LogP contribution in [0.15, 0.2) is 42.6 Å². The van der Waals surface area contributed by atoms with Crippen LogP contribution in [0.5, 0.6) is 0 Å². The summed E-state index contributed by atoms with van der Waals surface area (Å²) in [7, 11) is 0. The number of carbonyl (C=O) groups excluding carboxylic acids is 3. The standard InChI is InChI=1S/C28H23F5N6O3/c1-14-3-5-17(19-7-8-21-36-20(35-15(2)40)12-39(21)37-19)24(30)22(14)26(41)34-11-16-4-6-18(29)25(31)23(16)27(42)38-10-9-28(32,33)13-38/h3-8,12H,9-11,13H2,1-2H3,(H,34,41)(H,35,40). The number of carbonyl (C=O) groups is 3. The van der Waals surface area contributed by atoms with Crippen LogP contribution in [0.3, 0.4) is 0 Å². The molecule has 1 saturated heterocycles. The number of aromatic nitrogens is 3. The Morgan fingerprint density at radius 2 is 1.76 bits per heavy atom.